The van der Waals surface area contributed by atoms with E-state index in [1.807, 2.05) is 61.2 Å². The Morgan fingerprint density at radius 2 is 1.79 bits per heavy atom. The number of carbonyl (C=O) groups is 1. The molecule has 0 spiro atoms. The summed E-state index contributed by atoms with van der Waals surface area (Å²) in [6.07, 6.45) is 1.15. The number of aromatic nitrogens is 2. The van der Waals surface area contributed by atoms with Crippen LogP contribution < -0.4 is 10.3 Å². The molecule has 0 aliphatic carbocycles. The molecule has 1 aliphatic heterocycles. The van der Waals surface area contributed by atoms with E-state index < -0.39 is 0 Å². The molecule has 0 radical (unpaired) electrons. The second-order valence-electron chi connectivity index (χ2n) is 8.93. The molecule has 1 saturated heterocycles. The predicted octanol–water partition coefficient (Wildman–Crippen LogP) is 4.77. The Morgan fingerprint density at radius 1 is 1.12 bits per heavy atom. The van der Waals surface area contributed by atoms with Gasteiger partial charge in [-0.2, -0.15) is 0 Å². The number of fused-ring (bicyclic) bond motifs is 1. The van der Waals surface area contributed by atoms with E-state index in [9.17, 15) is 9.59 Å². The summed E-state index contributed by atoms with van der Waals surface area (Å²) in [6.45, 7) is 10.4. The molecule has 0 bridgehead atoms. The van der Waals surface area contributed by atoms with Crippen molar-refractivity contribution in [1.82, 2.24) is 14.5 Å². The van der Waals surface area contributed by atoms with Gasteiger partial charge >= 0.3 is 0 Å². The van der Waals surface area contributed by atoms with Crippen molar-refractivity contribution in [2.24, 2.45) is 11.8 Å². The molecule has 33 heavy (non-hydrogen) atoms. The highest BCUT2D eigenvalue weighted by Gasteiger charge is 2.29. The van der Waals surface area contributed by atoms with Crippen LogP contribution in [0.5, 0.6) is 5.75 Å². The molecule has 3 unspecified atom stereocenters. The van der Waals surface area contributed by atoms with E-state index in [1.165, 1.54) is 11.8 Å². The molecule has 1 aromatic heterocycles. The Kier molecular flexibility index (Phi) is 7.08. The zero-order chi connectivity index (χ0) is 23.5. The van der Waals surface area contributed by atoms with Crippen LogP contribution in [-0.4, -0.2) is 45.3 Å². The number of piperidine rings is 1. The van der Waals surface area contributed by atoms with E-state index in [-0.39, 0.29) is 16.7 Å². The fourth-order valence-corrected chi connectivity index (χ4v) is 5.60. The molecular weight excluding hydrogens is 434 g/mol. The first-order valence-corrected chi connectivity index (χ1v) is 12.5. The molecule has 174 valence electrons. The maximum atomic E-state index is 13.5. The molecule has 3 atom stereocenters. The van der Waals surface area contributed by atoms with Crippen molar-refractivity contribution in [3.05, 3.63) is 58.9 Å². The number of rotatable bonds is 6. The Morgan fingerprint density at radius 3 is 2.45 bits per heavy atom. The van der Waals surface area contributed by atoms with Crippen molar-refractivity contribution in [3.63, 3.8) is 0 Å². The number of hydrogen-bond acceptors (Lipinski definition) is 5. The highest BCUT2D eigenvalue weighted by molar-refractivity contribution is 8.00. The van der Waals surface area contributed by atoms with Crippen LogP contribution in [0.2, 0.25) is 0 Å². The highest BCUT2D eigenvalue weighted by Crippen LogP contribution is 2.29. The van der Waals surface area contributed by atoms with Crippen LogP contribution in [-0.2, 0) is 4.79 Å². The fraction of sp³-hybridized carbons (Fsp3) is 0.423. The van der Waals surface area contributed by atoms with Gasteiger partial charge in [0.25, 0.3) is 5.56 Å². The van der Waals surface area contributed by atoms with Crippen LogP contribution in [0.4, 0.5) is 0 Å². The number of carbonyl (C=O) groups excluding carboxylic acids is 1. The summed E-state index contributed by atoms with van der Waals surface area (Å²) < 4.78 is 7.15. The summed E-state index contributed by atoms with van der Waals surface area (Å²) in [5.74, 6) is 1.83. The van der Waals surface area contributed by atoms with Gasteiger partial charge in [-0.1, -0.05) is 37.7 Å². The van der Waals surface area contributed by atoms with Crippen LogP contribution in [0.1, 0.15) is 34.1 Å². The van der Waals surface area contributed by atoms with Crippen molar-refractivity contribution in [2.75, 3.05) is 19.7 Å². The molecule has 0 N–H and O–H groups in total. The topological polar surface area (TPSA) is 64.4 Å². The lowest BCUT2D eigenvalue weighted by Crippen LogP contribution is -2.45. The number of thioether (sulfide) groups is 1. The van der Waals surface area contributed by atoms with Crippen LogP contribution >= 0.6 is 11.8 Å². The smallest absolute Gasteiger partial charge is 0.266 e. The summed E-state index contributed by atoms with van der Waals surface area (Å²) in [4.78, 5) is 33.5. The second-order valence-corrected chi connectivity index (χ2v) is 10.2. The van der Waals surface area contributed by atoms with E-state index in [1.54, 1.807) is 10.6 Å². The number of ether oxygens (including phenoxy) is 1. The van der Waals surface area contributed by atoms with Crippen molar-refractivity contribution in [3.8, 4) is 11.4 Å². The first-order chi connectivity index (χ1) is 15.9. The number of amides is 1. The molecule has 1 amide bonds. The zero-order valence-corrected chi connectivity index (χ0v) is 20.5. The van der Waals surface area contributed by atoms with Crippen LogP contribution in [0.15, 0.2) is 58.5 Å². The van der Waals surface area contributed by atoms with Gasteiger partial charge in [0, 0.05) is 13.1 Å². The van der Waals surface area contributed by atoms with Crippen LogP contribution in [0, 0.1) is 11.8 Å². The number of hydrogen-bond donors (Lipinski definition) is 0. The SMILES string of the molecule is CCOc1ccc(-n2c(SC(C)C(=O)N3CC(C)CC(C)C3)nc3ccccc3c2=O)cc1. The Balaban J connectivity index is 1.71. The maximum Gasteiger partial charge on any atom is 0.266 e. The van der Waals surface area contributed by atoms with Gasteiger partial charge in [0.05, 0.1) is 28.4 Å². The molecule has 4 rings (SSSR count). The lowest BCUT2D eigenvalue weighted by Gasteiger charge is -2.36. The van der Waals surface area contributed by atoms with E-state index in [2.05, 4.69) is 13.8 Å². The number of benzene rings is 2. The highest BCUT2D eigenvalue weighted by atomic mass is 32.2. The van der Waals surface area contributed by atoms with Crippen molar-refractivity contribution in [1.29, 1.82) is 0 Å². The maximum absolute atomic E-state index is 13.5. The van der Waals surface area contributed by atoms with Gasteiger partial charge in [0.2, 0.25) is 5.91 Å². The molecule has 1 fully saturated rings. The quantitative estimate of drug-likeness (QED) is 0.388. The third-order valence-electron chi connectivity index (χ3n) is 5.96. The molecular formula is C26H31N3O3S. The van der Waals surface area contributed by atoms with Gasteiger partial charge in [0.15, 0.2) is 5.16 Å². The molecule has 7 heteroatoms. The molecule has 2 aromatic carbocycles. The zero-order valence-electron chi connectivity index (χ0n) is 19.7. The van der Waals surface area contributed by atoms with Crippen LogP contribution in [0.3, 0.4) is 0 Å². The first kappa shape index (κ1) is 23.4. The van der Waals surface area contributed by atoms with E-state index in [0.29, 0.717) is 40.2 Å². The van der Waals surface area contributed by atoms with Crippen molar-refractivity contribution in [2.45, 2.75) is 44.5 Å². The average molecular weight is 466 g/mol. The molecule has 0 saturated carbocycles. The molecule has 1 aliphatic rings. The molecule has 6 nitrogen and oxygen atoms in total. The van der Waals surface area contributed by atoms with E-state index in [0.717, 1.165) is 25.3 Å². The van der Waals surface area contributed by atoms with Gasteiger partial charge in [-0.15, -0.1) is 0 Å². The normalized spacial score (nSPS) is 19.5. The third-order valence-corrected chi connectivity index (χ3v) is 7.00. The van der Waals surface area contributed by atoms with Gasteiger partial charge in [-0.3, -0.25) is 14.2 Å². The summed E-state index contributed by atoms with van der Waals surface area (Å²) in [6, 6.07) is 14.7. The molecule has 2 heterocycles. The van der Waals surface area contributed by atoms with E-state index in [4.69, 9.17) is 9.72 Å². The monoisotopic (exact) mass is 465 g/mol. The second kappa shape index (κ2) is 10.00. The number of para-hydroxylation sites is 1. The largest absolute Gasteiger partial charge is 0.494 e. The van der Waals surface area contributed by atoms with Gasteiger partial charge in [0.1, 0.15) is 5.75 Å². The summed E-state index contributed by atoms with van der Waals surface area (Å²) in [7, 11) is 0. The summed E-state index contributed by atoms with van der Waals surface area (Å²) >= 11 is 1.34. The van der Waals surface area contributed by atoms with E-state index >= 15 is 0 Å². The predicted molar refractivity (Wildman–Crippen MR) is 133 cm³/mol. The van der Waals surface area contributed by atoms with Crippen molar-refractivity contribution < 1.29 is 9.53 Å². The minimum atomic E-state index is -0.357. The Hall–Kier alpha value is -2.80. The fourth-order valence-electron chi connectivity index (χ4n) is 4.59. The summed E-state index contributed by atoms with van der Waals surface area (Å²) in [5.41, 5.74) is 1.18. The Bertz CT molecular complexity index is 1180. The number of likely N-dealkylation sites (tertiary alicyclic amines) is 1. The standard InChI is InChI=1S/C26H31N3O3S/c1-5-32-21-12-10-20(11-13-21)29-25(31)22-8-6-7-9-23(22)27-26(29)33-19(4)24(30)28-15-17(2)14-18(3)16-28/h6-13,17-19H,5,14-16H2,1-4H3. The lowest BCUT2D eigenvalue weighted by molar-refractivity contribution is -0.132. The lowest BCUT2D eigenvalue weighted by atomic mass is 9.92. The Labute approximate surface area is 199 Å². The van der Waals surface area contributed by atoms with Crippen LogP contribution in [0.25, 0.3) is 16.6 Å². The number of nitrogens with zero attached hydrogens (tertiary/aromatic N) is 3. The first-order valence-electron chi connectivity index (χ1n) is 11.6. The minimum Gasteiger partial charge on any atom is -0.494 e. The minimum absolute atomic E-state index is 0.0963. The molecule has 3 aromatic rings. The van der Waals surface area contributed by atoms with Crippen molar-refractivity contribution >= 4 is 28.6 Å². The van der Waals surface area contributed by atoms with Gasteiger partial charge in [-0.25, -0.2) is 4.98 Å². The van der Waals surface area contributed by atoms with Gasteiger partial charge in [-0.05, 0) is 68.5 Å². The third kappa shape index (κ3) is 5.08. The average Bonchev–Trinajstić information content (AvgIpc) is 2.79. The summed E-state index contributed by atoms with van der Waals surface area (Å²) in [5, 5.41) is 0.708. The van der Waals surface area contributed by atoms with Gasteiger partial charge < -0.3 is 9.64 Å².